The zero-order valence-electron chi connectivity index (χ0n) is 14.3. The maximum absolute atomic E-state index is 12.6. The molecule has 2 amide bonds. The van der Waals surface area contributed by atoms with E-state index in [1.807, 2.05) is 0 Å². The van der Waals surface area contributed by atoms with Crippen LogP contribution in [-0.2, 0) is 11.0 Å². The Morgan fingerprint density at radius 3 is 2.10 bits per heavy atom. The normalized spacial score (nSPS) is 13.6. The number of amides is 2. The van der Waals surface area contributed by atoms with Crippen molar-refractivity contribution in [1.29, 1.82) is 0 Å². The molecule has 0 radical (unpaired) electrons. The SMILES string of the molecule is O=C(ON1C(=O)c2ccccc2C1=O)c1cc(-c2ccc(C(F)(F)F)cc2)no1. The summed E-state index contributed by atoms with van der Waals surface area (Å²) in [5, 5.41) is 3.92. The molecule has 0 atom stereocenters. The van der Waals surface area contributed by atoms with Gasteiger partial charge in [-0.15, -0.1) is 0 Å². The standard InChI is InChI=1S/C19H9F3N2O5/c20-19(21,22)11-7-5-10(6-8-11)14-9-15(28-23-14)18(27)29-24-16(25)12-3-1-2-4-13(12)17(24)26/h1-9H. The Morgan fingerprint density at radius 2 is 1.55 bits per heavy atom. The summed E-state index contributed by atoms with van der Waals surface area (Å²) in [6, 6.07) is 11.1. The van der Waals surface area contributed by atoms with Gasteiger partial charge in [0.15, 0.2) is 0 Å². The first-order valence-corrected chi connectivity index (χ1v) is 8.10. The van der Waals surface area contributed by atoms with E-state index in [9.17, 15) is 27.6 Å². The number of alkyl halides is 3. The Hall–Kier alpha value is -3.95. The lowest BCUT2D eigenvalue weighted by molar-refractivity contribution is -0.137. The Kier molecular flexibility index (Phi) is 4.18. The Balaban J connectivity index is 1.51. The number of fused-ring (bicyclic) bond motifs is 1. The third-order valence-corrected chi connectivity index (χ3v) is 4.15. The summed E-state index contributed by atoms with van der Waals surface area (Å²) in [5.41, 5.74) is -0.314. The Labute approximate surface area is 160 Å². The molecule has 2 heterocycles. The fourth-order valence-electron chi connectivity index (χ4n) is 2.72. The molecule has 0 bridgehead atoms. The molecule has 0 aliphatic carbocycles. The van der Waals surface area contributed by atoms with Crippen LogP contribution in [0.3, 0.4) is 0 Å². The number of hydrogen-bond acceptors (Lipinski definition) is 6. The van der Waals surface area contributed by atoms with Gasteiger partial charge in [0.1, 0.15) is 5.69 Å². The van der Waals surface area contributed by atoms with E-state index >= 15 is 0 Å². The molecule has 1 aliphatic rings. The van der Waals surface area contributed by atoms with E-state index in [-0.39, 0.29) is 22.4 Å². The summed E-state index contributed by atoms with van der Waals surface area (Å²) in [6.07, 6.45) is -4.48. The maximum atomic E-state index is 12.6. The molecule has 1 aliphatic heterocycles. The van der Waals surface area contributed by atoms with Crippen LogP contribution in [0.15, 0.2) is 59.1 Å². The van der Waals surface area contributed by atoms with Crippen LogP contribution in [0, 0.1) is 0 Å². The number of carbonyl (C=O) groups excluding carboxylic acids is 3. The molecule has 0 spiro atoms. The van der Waals surface area contributed by atoms with Crippen molar-refractivity contribution in [3.05, 3.63) is 77.0 Å². The summed E-state index contributed by atoms with van der Waals surface area (Å²) in [4.78, 5) is 41.5. The molecule has 0 N–H and O–H groups in total. The van der Waals surface area contributed by atoms with Gasteiger partial charge >= 0.3 is 12.1 Å². The molecule has 0 saturated heterocycles. The van der Waals surface area contributed by atoms with E-state index in [1.165, 1.54) is 24.3 Å². The predicted molar refractivity (Wildman–Crippen MR) is 89.3 cm³/mol. The highest BCUT2D eigenvalue weighted by atomic mass is 19.4. The number of aromatic nitrogens is 1. The summed E-state index contributed by atoms with van der Waals surface area (Å²) >= 11 is 0. The molecule has 29 heavy (non-hydrogen) atoms. The highest BCUT2D eigenvalue weighted by molar-refractivity contribution is 6.21. The summed E-state index contributed by atoms with van der Waals surface area (Å²) < 4.78 is 42.7. The smallest absolute Gasteiger partial charge is 0.348 e. The number of nitrogens with zero attached hydrogens (tertiary/aromatic N) is 2. The van der Waals surface area contributed by atoms with Crippen LogP contribution < -0.4 is 0 Å². The molecule has 3 aromatic rings. The predicted octanol–water partition coefficient (Wildman–Crippen LogP) is 3.73. The number of rotatable bonds is 3. The van der Waals surface area contributed by atoms with E-state index < -0.39 is 35.3 Å². The number of imide groups is 1. The Morgan fingerprint density at radius 1 is 0.966 bits per heavy atom. The van der Waals surface area contributed by atoms with Crippen LogP contribution in [0.2, 0.25) is 0 Å². The molecular formula is C19H9F3N2O5. The number of benzene rings is 2. The molecule has 0 saturated carbocycles. The largest absolute Gasteiger partial charge is 0.416 e. The quantitative estimate of drug-likeness (QED) is 0.621. The first-order chi connectivity index (χ1) is 13.8. The lowest BCUT2D eigenvalue weighted by Crippen LogP contribution is -2.32. The molecule has 2 aromatic carbocycles. The number of carbonyl (C=O) groups is 3. The number of hydrogen-bond donors (Lipinski definition) is 0. The van der Waals surface area contributed by atoms with Crippen molar-refractivity contribution >= 4 is 17.8 Å². The molecule has 4 rings (SSSR count). The lowest BCUT2D eigenvalue weighted by Gasteiger charge is -2.10. The molecule has 0 unspecified atom stereocenters. The zero-order valence-corrected chi connectivity index (χ0v) is 14.3. The van der Waals surface area contributed by atoms with Gasteiger partial charge < -0.3 is 9.36 Å². The van der Waals surface area contributed by atoms with Gasteiger partial charge in [-0.25, -0.2) is 4.79 Å². The summed E-state index contributed by atoms with van der Waals surface area (Å²) in [6.45, 7) is 0. The lowest BCUT2D eigenvalue weighted by atomic mass is 10.1. The van der Waals surface area contributed by atoms with Gasteiger partial charge in [-0.3, -0.25) is 9.59 Å². The van der Waals surface area contributed by atoms with E-state index in [2.05, 4.69) is 5.16 Å². The first-order valence-electron chi connectivity index (χ1n) is 8.10. The van der Waals surface area contributed by atoms with Crippen molar-refractivity contribution in [2.75, 3.05) is 0 Å². The van der Waals surface area contributed by atoms with Crippen molar-refractivity contribution in [1.82, 2.24) is 10.2 Å². The van der Waals surface area contributed by atoms with E-state index in [4.69, 9.17) is 9.36 Å². The minimum absolute atomic E-state index is 0.0769. The molecule has 0 fully saturated rings. The summed E-state index contributed by atoms with van der Waals surface area (Å²) in [7, 11) is 0. The topological polar surface area (TPSA) is 89.7 Å². The van der Waals surface area contributed by atoms with Crippen molar-refractivity contribution in [3.8, 4) is 11.3 Å². The van der Waals surface area contributed by atoms with Crippen molar-refractivity contribution in [2.45, 2.75) is 6.18 Å². The van der Waals surface area contributed by atoms with Gasteiger partial charge in [-0.05, 0) is 24.3 Å². The molecular weight excluding hydrogens is 393 g/mol. The van der Waals surface area contributed by atoms with Crippen LogP contribution in [0.25, 0.3) is 11.3 Å². The second-order valence-corrected chi connectivity index (χ2v) is 5.98. The first kappa shape index (κ1) is 18.4. The average molecular weight is 402 g/mol. The highest BCUT2D eigenvalue weighted by Crippen LogP contribution is 2.31. The van der Waals surface area contributed by atoms with Crippen molar-refractivity contribution in [2.24, 2.45) is 0 Å². The summed E-state index contributed by atoms with van der Waals surface area (Å²) in [5.74, 6) is -3.20. The van der Waals surface area contributed by atoms with Crippen LogP contribution in [0.5, 0.6) is 0 Å². The number of halogens is 3. The van der Waals surface area contributed by atoms with Crippen molar-refractivity contribution in [3.63, 3.8) is 0 Å². The molecule has 7 nitrogen and oxygen atoms in total. The van der Waals surface area contributed by atoms with Gasteiger partial charge in [0, 0.05) is 11.6 Å². The second-order valence-electron chi connectivity index (χ2n) is 5.98. The molecule has 10 heteroatoms. The third-order valence-electron chi connectivity index (χ3n) is 4.15. The van der Waals surface area contributed by atoms with Gasteiger partial charge in [-0.2, -0.15) is 13.2 Å². The average Bonchev–Trinajstić information content (AvgIpc) is 3.28. The van der Waals surface area contributed by atoms with Crippen LogP contribution >= 0.6 is 0 Å². The highest BCUT2D eigenvalue weighted by Gasteiger charge is 2.39. The van der Waals surface area contributed by atoms with Crippen molar-refractivity contribution < 1.29 is 36.9 Å². The third kappa shape index (κ3) is 3.24. The fraction of sp³-hybridized carbons (Fsp3) is 0.0526. The van der Waals surface area contributed by atoms with Gasteiger partial charge in [0.2, 0.25) is 5.76 Å². The van der Waals surface area contributed by atoms with Gasteiger partial charge in [0.25, 0.3) is 11.8 Å². The molecule has 1 aromatic heterocycles. The molecule has 146 valence electrons. The second kappa shape index (κ2) is 6.59. The Bertz CT molecular complexity index is 1100. The maximum Gasteiger partial charge on any atom is 0.416 e. The van der Waals surface area contributed by atoms with Gasteiger partial charge in [0.05, 0.1) is 16.7 Å². The monoisotopic (exact) mass is 402 g/mol. The van der Waals surface area contributed by atoms with Crippen LogP contribution in [0.1, 0.15) is 36.8 Å². The fourth-order valence-corrected chi connectivity index (χ4v) is 2.72. The minimum Gasteiger partial charge on any atom is -0.348 e. The van der Waals surface area contributed by atoms with Crippen LogP contribution in [-0.4, -0.2) is 28.0 Å². The minimum atomic E-state index is -4.48. The van der Waals surface area contributed by atoms with Gasteiger partial charge in [-0.1, -0.05) is 34.5 Å². The van der Waals surface area contributed by atoms with E-state index in [1.54, 1.807) is 12.1 Å². The zero-order chi connectivity index (χ0) is 20.8. The van der Waals surface area contributed by atoms with E-state index in [0.717, 1.165) is 18.2 Å². The number of hydroxylamine groups is 2. The van der Waals surface area contributed by atoms with Crippen LogP contribution in [0.4, 0.5) is 13.2 Å². The van der Waals surface area contributed by atoms with E-state index in [0.29, 0.717) is 5.06 Å².